The van der Waals surface area contributed by atoms with E-state index in [-0.39, 0.29) is 16.2 Å². The molecule has 94 valence electrons. The van der Waals surface area contributed by atoms with E-state index in [1.54, 1.807) is 31.6 Å². The van der Waals surface area contributed by atoms with Gasteiger partial charge in [-0.25, -0.2) is 9.18 Å². The van der Waals surface area contributed by atoms with Gasteiger partial charge in [0.15, 0.2) is 0 Å². The quantitative estimate of drug-likeness (QED) is 0.843. The molecule has 0 fully saturated rings. The van der Waals surface area contributed by atoms with Gasteiger partial charge in [-0.15, -0.1) is 0 Å². The van der Waals surface area contributed by atoms with E-state index in [1.807, 2.05) is 0 Å². The molecule has 0 spiro atoms. The summed E-state index contributed by atoms with van der Waals surface area (Å²) < 4.78 is 16.4. The fraction of sp³-hybridized carbons (Fsp3) is 0.167. The summed E-state index contributed by atoms with van der Waals surface area (Å²) >= 11 is 4.77. The second kappa shape index (κ2) is 4.73. The number of halogens is 1. The highest BCUT2D eigenvalue weighted by molar-refractivity contribution is 7.80. The van der Waals surface area contributed by atoms with E-state index in [4.69, 9.17) is 18.0 Å². The molecule has 6 heteroatoms. The van der Waals surface area contributed by atoms with E-state index in [0.29, 0.717) is 6.54 Å². The molecule has 1 aromatic heterocycles. The Morgan fingerprint density at radius 1 is 1.44 bits per heavy atom. The van der Waals surface area contributed by atoms with E-state index < -0.39 is 5.82 Å². The van der Waals surface area contributed by atoms with Crippen molar-refractivity contribution in [2.45, 2.75) is 6.54 Å². The van der Waals surface area contributed by atoms with Gasteiger partial charge < -0.3 is 10.3 Å². The van der Waals surface area contributed by atoms with E-state index in [9.17, 15) is 9.18 Å². The second-order valence-electron chi connectivity index (χ2n) is 4.00. The molecule has 0 atom stereocenters. The van der Waals surface area contributed by atoms with Crippen molar-refractivity contribution in [1.29, 1.82) is 0 Å². The molecular weight excluding hydrogens is 253 g/mol. The van der Waals surface area contributed by atoms with Crippen molar-refractivity contribution >= 4 is 17.2 Å². The minimum Gasteiger partial charge on any atom is -0.389 e. The zero-order valence-corrected chi connectivity index (χ0v) is 10.6. The van der Waals surface area contributed by atoms with Crippen LogP contribution in [0.4, 0.5) is 4.39 Å². The summed E-state index contributed by atoms with van der Waals surface area (Å²) in [6.45, 7) is 0.357. The number of aryl methyl sites for hydroxylation is 1. The highest BCUT2D eigenvalue weighted by Gasteiger charge is 2.07. The van der Waals surface area contributed by atoms with Crippen molar-refractivity contribution in [3.8, 4) is 0 Å². The topological polar surface area (TPSA) is 52.9 Å². The van der Waals surface area contributed by atoms with Gasteiger partial charge in [-0.05, 0) is 17.7 Å². The molecular formula is C12H12FN3OS. The van der Waals surface area contributed by atoms with Crippen LogP contribution in [0.25, 0.3) is 0 Å². The Bertz CT molecular complexity index is 660. The Balaban J connectivity index is 2.36. The lowest BCUT2D eigenvalue weighted by atomic mass is 10.1. The van der Waals surface area contributed by atoms with Gasteiger partial charge in [-0.3, -0.25) is 4.57 Å². The van der Waals surface area contributed by atoms with Crippen LogP contribution in [-0.2, 0) is 13.6 Å². The fourth-order valence-corrected chi connectivity index (χ4v) is 1.84. The molecule has 1 heterocycles. The third-order valence-corrected chi connectivity index (χ3v) is 2.89. The van der Waals surface area contributed by atoms with E-state index >= 15 is 0 Å². The van der Waals surface area contributed by atoms with Gasteiger partial charge in [0.25, 0.3) is 0 Å². The number of aromatic nitrogens is 2. The molecule has 2 N–H and O–H groups in total. The molecule has 0 aliphatic rings. The maximum Gasteiger partial charge on any atom is 0.328 e. The average molecular weight is 265 g/mol. The maximum atomic E-state index is 13.4. The summed E-state index contributed by atoms with van der Waals surface area (Å²) in [6.07, 6.45) is 3.34. The second-order valence-corrected chi connectivity index (χ2v) is 4.44. The fourth-order valence-electron chi connectivity index (χ4n) is 1.69. The molecule has 0 unspecified atom stereocenters. The van der Waals surface area contributed by atoms with Crippen LogP contribution in [-0.4, -0.2) is 14.1 Å². The number of imidazole rings is 1. The lowest BCUT2D eigenvalue weighted by Crippen LogP contribution is -2.22. The number of benzene rings is 1. The number of nitrogens with two attached hydrogens (primary N) is 1. The molecule has 0 bridgehead atoms. The van der Waals surface area contributed by atoms with E-state index in [0.717, 1.165) is 5.56 Å². The number of thiocarbonyl (C=S) groups is 1. The van der Waals surface area contributed by atoms with Crippen molar-refractivity contribution < 1.29 is 4.39 Å². The number of hydrogen-bond acceptors (Lipinski definition) is 2. The molecule has 0 radical (unpaired) electrons. The highest BCUT2D eigenvalue weighted by atomic mass is 32.1. The predicted molar refractivity (Wildman–Crippen MR) is 71.1 cm³/mol. The van der Waals surface area contributed by atoms with Gasteiger partial charge in [0.2, 0.25) is 0 Å². The summed E-state index contributed by atoms with van der Waals surface area (Å²) in [6, 6.07) is 4.48. The number of rotatable bonds is 3. The molecule has 0 saturated heterocycles. The molecule has 2 aromatic rings. The van der Waals surface area contributed by atoms with E-state index in [1.165, 1.54) is 15.2 Å². The number of nitrogens with zero attached hydrogens (tertiary/aromatic N) is 2. The Kier molecular flexibility index (Phi) is 3.29. The van der Waals surface area contributed by atoms with Crippen LogP contribution in [0.1, 0.15) is 11.1 Å². The summed E-state index contributed by atoms with van der Waals surface area (Å²) in [4.78, 5) is 11.7. The molecule has 0 aliphatic heterocycles. The van der Waals surface area contributed by atoms with Crippen LogP contribution in [0.3, 0.4) is 0 Å². The highest BCUT2D eigenvalue weighted by Crippen LogP contribution is 2.11. The third kappa shape index (κ3) is 2.33. The van der Waals surface area contributed by atoms with Crippen molar-refractivity contribution in [1.82, 2.24) is 9.13 Å². The smallest absolute Gasteiger partial charge is 0.328 e. The van der Waals surface area contributed by atoms with Crippen LogP contribution < -0.4 is 11.4 Å². The molecule has 4 nitrogen and oxygen atoms in total. The zero-order valence-electron chi connectivity index (χ0n) is 9.76. The maximum absolute atomic E-state index is 13.4. The first-order valence-electron chi connectivity index (χ1n) is 5.29. The first-order valence-corrected chi connectivity index (χ1v) is 5.70. The van der Waals surface area contributed by atoms with Crippen LogP contribution in [0.15, 0.2) is 35.4 Å². The standard InChI is InChI=1S/C12H12FN3OS/c1-15-4-5-16(12(15)17)7-8-2-3-10(13)9(6-8)11(14)18/h2-6H,7H2,1H3,(H2,14,18). The van der Waals surface area contributed by atoms with Gasteiger partial charge in [0.05, 0.1) is 6.54 Å². The molecule has 1 aromatic carbocycles. The Labute approximate surface area is 108 Å². The SMILES string of the molecule is Cn1ccn(Cc2ccc(F)c(C(N)=S)c2)c1=O. The van der Waals surface area contributed by atoms with Crippen LogP contribution >= 0.6 is 12.2 Å². The van der Waals surface area contributed by atoms with Gasteiger partial charge in [0, 0.05) is 25.0 Å². The minimum atomic E-state index is -0.452. The first kappa shape index (κ1) is 12.5. The summed E-state index contributed by atoms with van der Waals surface area (Å²) in [5, 5.41) is 0. The van der Waals surface area contributed by atoms with E-state index in [2.05, 4.69) is 0 Å². The van der Waals surface area contributed by atoms with Gasteiger partial charge in [-0.2, -0.15) is 0 Å². The third-order valence-electron chi connectivity index (χ3n) is 2.67. The normalized spacial score (nSPS) is 10.6. The van der Waals surface area contributed by atoms with Crippen molar-refractivity contribution in [2.75, 3.05) is 0 Å². The van der Waals surface area contributed by atoms with Crippen molar-refractivity contribution in [3.63, 3.8) is 0 Å². The monoisotopic (exact) mass is 265 g/mol. The first-order chi connectivity index (χ1) is 8.49. The summed E-state index contributed by atoms with van der Waals surface area (Å²) in [7, 11) is 1.67. The molecule has 2 rings (SSSR count). The molecule has 18 heavy (non-hydrogen) atoms. The van der Waals surface area contributed by atoms with Crippen molar-refractivity contribution in [3.05, 3.63) is 58.0 Å². The Morgan fingerprint density at radius 3 is 2.72 bits per heavy atom. The van der Waals surface area contributed by atoms with Gasteiger partial charge >= 0.3 is 5.69 Å². The van der Waals surface area contributed by atoms with Crippen LogP contribution in [0.2, 0.25) is 0 Å². The van der Waals surface area contributed by atoms with Crippen molar-refractivity contribution in [2.24, 2.45) is 12.8 Å². The molecule has 0 aliphatic carbocycles. The summed E-state index contributed by atoms with van der Waals surface area (Å²) in [5.74, 6) is -0.452. The van der Waals surface area contributed by atoms with Crippen LogP contribution in [0.5, 0.6) is 0 Å². The molecule has 0 amide bonds. The predicted octanol–water partition coefficient (Wildman–Crippen LogP) is 1.01. The molecule has 0 saturated carbocycles. The van der Waals surface area contributed by atoms with Crippen LogP contribution in [0, 0.1) is 5.82 Å². The average Bonchev–Trinajstić information content (AvgIpc) is 2.63. The van der Waals surface area contributed by atoms with Gasteiger partial charge in [0.1, 0.15) is 10.8 Å². The Hall–Kier alpha value is -1.95. The number of hydrogen-bond donors (Lipinski definition) is 1. The zero-order chi connectivity index (χ0) is 13.3. The Morgan fingerprint density at radius 2 is 2.17 bits per heavy atom. The minimum absolute atomic E-state index is 0.00904. The largest absolute Gasteiger partial charge is 0.389 e. The van der Waals surface area contributed by atoms with Gasteiger partial charge in [-0.1, -0.05) is 18.3 Å². The summed E-state index contributed by atoms with van der Waals surface area (Å²) in [5.41, 5.74) is 6.27. The lowest BCUT2D eigenvalue weighted by Gasteiger charge is -2.06. The lowest BCUT2D eigenvalue weighted by molar-refractivity contribution is 0.623.